The number of rotatable bonds is 6. The molecule has 0 atom stereocenters. The first-order valence-corrected chi connectivity index (χ1v) is 9.50. The van der Waals surface area contributed by atoms with Crippen molar-refractivity contribution in [3.63, 3.8) is 0 Å². The van der Waals surface area contributed by atoms with E-state index in [2.05, 4.69) is 58.2 Å². The minimum absolute atomic E-state index is 0.664. The van der Waals surface area contributed by atoms with Gasteiger partial charge in [-0.3, -0.25) is 0 Å². The van der Waals surface area contributed by atoms with Crippen molar-refractivity contribution in [1.29, 1.82) is 0 Å². The molecule has 1 aromatic carbocycles. The Labute approximate surface area is 151 Å². The molecule has 3 rings (SSSR count). The molecule has 0 saturated carbocycles. The van der Waals surface area contributed by atoms with E-state index in [1.807, 2.05) is 12.3 Å². The first-order valence-electron chi connectivity index (χ1n) is 9.50. The van der Waals surface area contributed by atoms with Gasteiger partial charge in [-0.15, -0.1) is 0 Å². The molecule has 134 valence electrons. The monoisotopic (exact) mass is 339 g/mol. The van der Waals surface area contributed by atoms with Crippen LogP contribution in [0.15, 0.2) is 36.5 Å². The second-order valence-corrected chi connectivity index (χ2v) is 6.48. The molecular weight excluding hydrogens is 310 g/mol. The summed E-state index contributed by atoms with van der Waals surface area (Å²) < 4.78 is 0. The Hall–Kier alpha value is -2.30. The summed E-state index contributed by atoms with van der Waals surface area (Å²) in [5.74, 6) is 1.69. The van der Waals surface area contributed by atoms with Crippen molar-refractivity contribution < 1.29 is 0 Å². The molecule has 2 heterocycles. The summed E-state index contributed by atoms with van der Waals surface area (Å²) in [7, 11) is 0. The molecule has 2 aromatic rings. The summed E-state index contributed by atoms with van der Waals surface area (Å²) >= 11 is 0. The summed E-state index contributed by atoms with van der Waals surface area (Å²) in [6, 6.07) is 10.5. The van der Waals surface area contributed by atoms with Crippen molar-refractivity contribution in [3.05, 3.63) is 36.5 Å². The van der Waals surface area contributed by atoms with Gasteiger partial charge in [0.2, 0.25) is 5.95 Å². The van der Waals surface area contributed by atoms with Gasteiger partial charge in [-0.2, -0.15) is 4.98 Å². The second-order valence-electron chi connectivity index (χ2n) is 6.48. The average Bonchev–Trinajstić information content (AvgIpc) is 2.94. The molecule has 0 amide bonds. The van der Waals surface area contributed by atoms with Crippen LogP contribution in [0, 0.1) is 0 Å². The third-order valence-electron chi connectivity index (χ3n) is 4.82. The van der Waals surface area contributed by atoms with E-state index in [9.17, 15) is 0 Å². The predicted octanol–water partition coefficient (Wildman–Crippen LogP) is 4.45. The van der Waals surface area contributed by atoms with Crippen LogP contribution in [0.5, 0.6) is 0 Å². The SMILES string of the molecule is CCN(CC)c1ccc(Nc2nccc(N3CCCCCC3)n2)cc1. The number of nitrogens with one attached hydrogen (secondary N) is 1. The number of benzene rings is 1. The highest BCUT2D eigenvalue weighted by Gasteiger charge is 2.12. The van der Waals surface area contributed by atoms with E-state index in [-0.39, 0.29) is 0 Å². The summed E-state index contributed by atoms with van der Waals surface area (Å²) in [5.41, 5.74) is 2.26. The van der Waals surface area contributed by atoms with Gasteiger partial charge in [0.1, 0.15) is 5.82 Å². The third kappa shape index (κ3) is 4.62. The molecule has 0 aliphatic carbocycles. The fraction of sp³-hybridized carbons (Fsp3) is 0.500. The second kappa shape index (κ2) is 8.70. The maximum absolute atomic E-state index is 4.72. The van der Waals surface area contributed by atoms with Crippen LogP contribution in [0.2, 0.25) is 0 Å². The Balaban J connectivity index is 1.69. The lowest BCUT2D eigenvalue weighted by molar-refractivity contribution is 0.726. The van der Waals surface area contributed by atoms with Crippen LogP contribution in [0.4, 0.5) is 23.1 Å². The summed E-state index contributed by atoms with van der Waals surface area (Å²) in [4.78, 5) is 13.8. The lowest BCUT2D eigenvalue weighted by atomic mass is 10.2. The molecule has 0 radical (unpaired) electrons. The molecule has 1 aromatic heterocycles. The van der Waals surface area contributed by atoms with Gasteiger partial charge in [0.25, 0.3) is 0 Å². The summed E-state index contributed by atoms with van der Waals surface area (Å²) in [6.45, 7) is 8.58. The molecule has 0 spiro atoms. The molecule has 1 N–H and O–H groups in total. The van der Waals surface area contributed by atoms with Crippen molar-refractivity contribution in [1.82, 2.24) is 9.97 Å². The Morgan fingerprint density at radius 2 is 1.64 bits per heavy atom. The van der Waals surface area contributed by atoms with Crippen molar-refractivity contribution in [2.24, 2.45) is 0 Å². The van der Waals surface area contributed by atoms with Gasteiger partial charge in [0.05, 0.1) is 0 Å². The van der Waals surface area contributed by atoms with E-state index in [0.717, 1.165) is 37.7 Å². The molecule has 5 nitrogen and oxygen atoms in total. The van der Waals surface area contributed by atoms with E-state index in [1.54, 1.807) is 0 Å². The van der Waals surface area contributed by atoms with Crippen LogP contribution in [0.25, 0.3) is 0 Å². The molecule has 0 bridgehead atoms. The number of hydrogen-bond acceptors (Lipinski definition) is 5. The fourth-order valence-corrected chi connectivity index (χ4v) is 3.36. The molecule has 1 fully saturated rings. The van der Waals surface area contributed by atoms with E-state index in [4.69, 9.17) is 4.98 Å². The van der Waals surface area contributed by atoms with Gasteiger partial charge in [0, 0.05) is 43.8 Å². The van der Waals surface area contributed by atoms with Gasteiger partial charge in [0.15, 0.2) is 0 Å². The van der Waals surface area contributed by atoms with E-state index in [0.29, 0.717) is 5.95 Å². The first-order chi connectivity index (χ1) is 12.3. The largest absolute Gasteiger partial charge is 0.372 e. The van der Waals surface area contributed by atoms with E-state index < -0.39 is 0 Å². The Bertz CT molecular complexity index is 643. The Kier molecular flexibility index (Phi) is 6.09. The van der Waals surface area contributed by atoms with Crippen LogP contribution in [-0.4, -0.2) is 36.1 Å². The van der Waals surface area contributed by atoms with Crippen molar-refractivity contribution in [2.45, 2.75) is 39.5 Å². The van der Waals surface area contributed by atoms with Crippen LogP contribution >= 0.6 is 0 Å². The molecule has 1 aliphatic rings. The molecule has 5 heteroatoms. The number of aromatic nitrogens is 2. The van der Waals surface area contributed by atoms with E-state index in [1.165, 1.54) is 31.4 Å². The molecule has 1 saturated heterocycles. The molecule has 25 heavy (non-hydrogen) atoms. The standard InChI is InChI=1S/C20H29N5/c1-3-24(4-2)18-11-9-17(10-12-18)22-20-21-14-13-19(23-20)25-15-7-5-6-8-16-25/h9-14H,3-8,15-16H2,1-2H3,(H,21,22,23). The summed E-state index contributed by atoms with van der Waals surface area (Å²) in [5, 5.41) is 3.33. The third-order valence-corrected chi connectivity index (χ3v) is 4.82. The maximum atomic E-state index is 4.72. The van der Waals surface area contributed by atoms with Crippen LogP contribution < -0.4 is 15.1 Å². The molecular formula is C20H29N5. The highest BCUT2D eigenvalue weighted by atomic mass is 15.2. The smallest absolute Gasteiger partial charge is 0.229 e. The Morgan fingerprint density at radius 1 is 0.960 bits per heavy atom. The number of nitrogens with zero attached hydrogens (tertiary/aromatic N) is 4. The Morgan fingerprint density at radius 3 is 2.28 bits per heavy atom. The predicted molar refractivity (Wildman–Crippen MR) is 106 cm³/mol. The minimum atomic E-state index is 0.664. The highest BCUT2D eigenvalue weighted by Crippen LogP contribution is 2.22. The molecule has 1 aliphatic heterocycles. The zero-order chi connectivity index (χ0) is 17.5. The minimum Gasteiger partial charge on any atom is -0.372 e. The maximum Gasteiger partial charge on any atom is 0.229 e. The van der Waals surface area contributed by atoms with Crippen molar-refractivity contribution in [3.8, 4) is 0 Å². The van der Waals surface area contributed by atoms with Crippen LogP contribution in [0.1, 0.15) is 39.5 Å². The highest BCUT2D eigenvalue weighted by molar-refractivity contribution is 5.60. The van der Waals surface area contributed by atoms with Gasteiger partial charge < -0.3 is 15.1 Å². The quantitative estimate of drug-likeness (QED) is 0.842. The zero-order valence-corrected chi connectivity index (χ0v) is 15.4. The summed E-state index contributed by atoms with van der Waals surface area (Å²) in [6.07, 6.45) is 7.00. The van der Waals surface area contributed by atoms with E-state index >= 15 is 0 Å². The van der Waals surface area contributed by atoms with Crippen molar-refractivity contribution in [2.75, 3.05) is 41.3 Å². The number of hydrogen-bond donors (Lipinski definition) is 1. The van der Waals surface area contributed by atoms with Gasteiger partial charge in [-0.25, -0.2) is 4.98 Å². The average molecular weight is 339 g/mol. The van der Waals surface area contributed by atoms with Gasteiger partial charge in [-0.1, -0.05) is 12.8 Å². The fourth-order valence-electron chi connectivity index (χ4n) is 3.36. The van der Waals surface area contributed by atoms with Gasteiger partial charge in [-0.05, 0) is 57.0 Å². The normalized spacial score (nSPS) is 14.9. The topological polar surface area (TPSA) is 44.3 Å². The molecule has 0 unspecified atom stereocenters. The number of anilines is 4. The van der Waals surface area contributed by atoms with Crippen molar-refractivity contribution >= 4 is 23.1 Å². The lowest BCUT2D eigenvalue weighted by Crippen LogP contribution is -2.25. The lowest BCUT2D eigenvalue weighted by Gasteiger charge is -2.22. The zero-order valence-electron chi connectivity index (χ0n) is 15.4. The van der Waals surface area contributed by atoms with Gasteiger partial charge >= 0.3 is 0 Å². The first kappa shape index (κ1) is 17.5. The van der Waals surface area contributed by atoms with Crippen LogP contribution in [-0.2, 0) is 0 Å². The van der Waals surface area contributed by atoms with Crippen LogP contribution in [0.3, 0.4) is 0 Å².